The van der Waals surface area contributed by atoms with Crippen LogP contribution in [0.15, 0.2) is 52.0 Å². The lowest BCUT2D eigenvalue weighted by Gasteiger charge is -2.12. The van der Waals surface area contributed by atoms with Crippen LogP contribution in [0.1, 0.15) is 16.1 Å². The molecule has 0 unspecified atom stereocenters. The molecule has 26 heavy (non-hydrogen) atoms. The number of amides is 3. The number of rotatable bonds is 5. The van der Waals surface area contributed by atoms with Gasteiger partial charge in [-0.05, 0) is 42.1 Å². The van der Waals surface area contributed by atoms with E-state index in [2.05, 4.69) is 5.32 Å². The van der Waals surface area contributed by atoms with Gasteiger partial charge in [-0.25, -0.2) is 4.79 Å². The van der Waals surface area contributed by atoms with E-state index in [4.69, 9.17) is 9.52 Å². The van der Waals surface area contributed by atoms with E-state index in [9.17, 15) is 19.2 Å². The van der Waals surface area contributed by atoms with Crippen LogP contribution >= 0.6 is 11.8 Å². The Balaban J connectivity index is 1.67. The van der Waals surface area contributed by atoms with Gasteiger partial charge in [0.1, 0.15) is 12.3 Å². The largest absolute Gasteiger partial charge is 0.478 e. The molecule has 0 aliphatic carbocycles. The number of hydrogen-bond acceptors (Lipinski definition) is 6. The van der Waals surface area contributed by atoms with E-state index in [0.717, 1.165) is 4.90 Å². The monoisotopic (exact) mass is 372 g/mol. The van der Waals surface area contributed by atoms with Gasteiger partial charge in [0.15, 0.2) is 0 Å². The van der Waals surface area contributed by atoms with Gasteiger partial charge < -0.3 is 14.8 Å². The molecule has 1 aliphatic heterocycles. The van der Waals surface area contributed by atoms with E-state index in [1.807, 2.05) is 0 Å². The number of hydrogen-bond donors (Lipinski definition) is 2. The second-order valence-electron chi connectivity index (χ2n) is 5.22. The van der Waals surface area contributed by atoms with Crippen molar-refractivity contribution in [3.05, 3.63) is 58.9 Å². The van der Waals surface area contributed by atoms with Crippen LogP contribution in [0.3, 0.4) is 0 Å². The summed E-state index contributed by atoms with van der Waals surface area (Å²) in [4.78, 5) is 48.3. The molecule has 1 fully saturated rings. The highest BCUT2D eigenvalue weighted by Crippen LogP contribution is 2.32. The number of aromatic carboxylic acids is 1. The Labute approximate surface area is 151 Å². The van der Waals surface area contributed by atoms with Crippen molar-refractivity contribution in [1.82, 2.24) is 4.90 Å². The van der Waals surface area contributed by atoms with Crippen LogP contribution in [-0.2, 0) is 9.59 Å². The number of anilines is 1. The quantitative estimate of drug-likeness (QED) is 0.775. The maximum Gasteiger partial charge on any atom is 0.335 e. The van der Waals surface area contributed by atoms with Crippen LogP contribution in [0, 0.1) is 0 Å². The molecule has 1 aromatic heterocycles. The molecule has 8 nitrogen and oxygen atoms in total. The van der Waals surface area contributed by atoms with Crippen LogP contribution in [-0.4, -0.2) is 39.6 Å². The maximum absolute atomic E-state index is 12.3. The molecule has 0 spiro atoms. The number of carbonyl (C=O) groups excluding carboxylic acids is 3. The molecule has 0 atom stereocenters. The minimum Gasteiger partial charge on any atom is -0.478 e. The zero-order valence-electron chi connectivity index (χ0n) is 13.2. The predicted octanol–water partition coefficient (Wildman–Crippen LogP) is 2.65. The molecule has 0 radical (unpaired) electrons. The summed E-state index contributed by atoms with van der Waals surface area (Å²) in [5.41, 5.74) is 0.267. The van der Waals surface area contributed by atoms with Crippen molar-refractivity contribution in [3.8, 4) is 0 Å². The summed E-state index contributed by atoms with van der Waals surface area (Å²) >= 11 is 0.716. The number of imide groups is 1. The number of nitrogens with one attached hydrogen (secondary N) is 1. The molecule has 1 aliphatic rings. The number of furan rings is 1. The van der Waals surface area contributed by atoms with Crippen LogP contribution in [0.25, 0.3) is 6.08 Å². The molecule has 3 amide bonds. The van der Waals surface area contributed by atoms with Gasteiger partial charge in [-0.1, -0.05) is 6.07 Å². The SMILES string of the molecule is O=C(CN1C(=O)SC(=Cc2ccco2)C1=O)Nc1cccc(C(=O)O)c1. The summed E-state index contributed by atoms with van der Waals surface area (Å²) < 4.78 is 5.11. The van der Waals surface area contributed by atoms with Crippen molar-refractivity contribution in [2.45, 2.75) is 0 Å². The third-order valence-corrected chi connectivity index (χ3v) is 4.29. The van der Waals surface area contributed by atoms with Gasteiger partial charge in [-0.3, -0.25) is 19.3 Å². The van der Waals surface area contributed by atoms with Crippen molar-refractivity contribution >= 4 is 46.5 Å². The second-order valence-corrected chi connectivity index (χ2v) is 6.21. The number of carboxylic acids is 1. The first-order chi connectivity index (χ1) is 12.4. The molecule has 1 saturated heterocycles. The average Bonchev–Trinajstić information content (AvgIpc) is 3.19. The minimum atomic E-state index is -1.13. The lowest BCUT2D eigenvalue weighted by molar-refractivity contribution is -0.127. The lowest BCUT2D eigenvalue weighted by atomic mass is 10.2. The molecule has 132 valence electrons. The number of thioether (sulfide) groups is 1. The summed E-state index contributed by atoms with van der Waals surface area (Å²) in [7, 11) is 0. The van der Waals surface area contributed by atoms with Crippen molar-refractivity contribution in [3.63, 3.8) is 0 Å². The molecule has 2 N–H and O–H groups in total. The van der Waals surface area contributed by atoms with Gasteiger partial charge in [0, 0.05) is 11.8 Å². The number of benzene rings is 1. The van der Waals surface area contributed by atoms with E-state index < -0.39 is 29.6 Å². The lowest BCUT2D eigenvalue weighted by Crippen LogP contribution is -2.36. The fraction of sp³-hybridized carbons (Fsp3) is 0.0588. The van der Waals surface area contributed by atoms with Crippen molar-refractivity contribution in [2.24, 2.45) is 0 Å². The summed E-state index contributed by atoms with van der Waals surface area (Å²) in [6.07, 6.45) is 2.87. The highest BCUT2D eigenvalue weighted by molar-refractivity contribution is 8.18. The Bertz CT molecular complexity index is 919. The van der Waals surface area contributed by atoms with Crippen molar-refractivity contribution < 1.29 is 28.7 Å². The van der Waals surface area contributed by atoms with E-state index in [0.29, 0.717) is 17.5 Å². The van der Waals surface area contributed by atoms with E-state index in [1.165, 1.54) is 36.6 Å². The minimum absolute atomic E-state index is 0.00958. The first kappa shape index (κ1) is 17.5. The fourth-order valence-corrected chi connectivity index (χ4v) is 3.03. The fourth-order valence-electron chi connectivity index (χ4n) is 2.21. The Hall–Kier alpha value is -3.33. The summed E-state index contributed by atoms with van der Waals surface area (Å²) in [6.45, 7) is -0.475. The van der Waals surface area contributed by atoms with Crippen LogP contribution in [0.2, 0.25) is 0 Å². The smallest absolute Gasteiger partial charge is 0.335 e. The highest BCUT2D eigenvalue weighted by atomic mass is 32.2. The maximum atomic E-state index is 12.3. The Morgan fingerprint density at radius 3 is 2.73 bits per heavy atom. The van der Waals surface area contributed by atoms with Crippen LogP contribution in [0.4, 0.5) is 10.5 Å². The molecular weight excluding hydrogens is 360 g/mol. The molecule has 0 bridgehead atoms. The standard InChI is InChI=1S/C17H12N2O6S/c20-14(18-11-4-1-3-10(7-11)16(22)23)9-19-15(21)13(26-17(19)24)8-12-5-2-6-25-12/h1-8H,9H2,(H,18,20)(H,22,23). The highest BCUT2D eigenvalue weighted by Gasteiger charge is 2.36. The van der Waals surface area contributed by atoms with Crippen LogP contribution in [0.5, 0.6) is 0 Å². The van der Waals surface area contributed by atoms with Gasteiger partial charge in [-0.2, -0.15) is 0 Å². The van der Waals surface area contributed by atoms with E-state index in [1.54, 1.807) is 12.1 Å². The zero-order chi connectivity index (χ0) is 18.7. The van der Waals surface area contributed by atoms with Crippen molar-refractivity contribution in [1.29, 1.82) is 0 Å². The molecule has 9 heteroatoms. The first-order valence-electron chi connectivity index (χ1n) is 7.36. The molecule has 2 heterocycles. The van der Waals surface area contributed by atoms with Gasteiger partial charge in [-0.15, -0.1) is 0 Å². The predicted molar refractivity (Wildman–Crippen MR) is 93.4 cm³/mol. The topological polar surface area (TPSA) is 117 Å². The second kappa shape index (κ2) is 7.28. The molecule has 2 aromatic rings. The normalized spacial score (nSPS) is 15.5. The number of carboxylic acid groups (broad SMARTS) is 1. The molecule has 1 aromatic carbocycles. The van der Waals surface area contributed by atoms with Gasteiger partial charge >= 0.3 is 5.97 Å². The number of carbonyl (C=O) groups is 4. The van der Waals surface area contributed by atoms with Crippen molar-refractivity contribution in [2.75, 3.05) is 11.9 Å². The summed E-state index contributed by atoms with van der Waals surface area (Å²) in [5, 5.41) is 10.9. The van der Waals surface area contributed by atoms with Gasteiger partial charge in [0.05, 0.1) is 16.7 Å². The van der Waals surface area contributed by atoms with Gasteiger partial charge in [0.2, 0.25) is 5.91 Å². The summed E-state index contributed by atoms with van der Waals surface area (Å²) in [6, 6.07) is 8.93. The number of nitrogens with zero attached hydrogens (tertiary/aromatic N) is 1. The Morgan fingerprint density at radius 1 is 1.23 bits per heavy atom. The molecule has 3 rings (SSSR count). The van der Waals surface area contributed by atoms with E-state index in [-0.39, 0.29) is 16.2 Å². The first-order valence-corrected chi connectivity index (χ1v) is 8.18. The van der Waals surface area contributed by atoms with Crippen LogP contribution < -0.4 is 5.32 Å². The third kappa shape index (κ3) is 3.83. The Morgan fingerprint density at radius 2 is 2.04 bits per heavy atom. The molecule has 0 saturated carbocycles. The average molecular weight is 372 g/mol. The Kier molecular flexibility index (Phi) is 4.90. The zero-order valence-corrected chi connectivity index (χ0v) is 14.0. The third-order valence-electron chi connectivity index (χ3n) is 3.39. The summed E-state index contributed by atoms with van der Waals surface area (Å²) in [5.74, 6) is -1.92. The van der Waals surface area contributed by atoms with Gasteiger partial charge in [0.25, 0.3) is 11.1 Å². The van der Waals surface area contributed by atoms with E-state index >= 15 is 0 Å². The molecular formula is C17H12N2O6S.